The van der Waals surface area contributed by atoms with Crippen LogP contribution >= 0.6 is 0 Å². The highest BCUT2D eigenvalue weighted by molar-refractivity contribution is 5.71. The number of aromatic nitrogens is 4. The Bertz CT molecular complexity index is 757. The van der Waals surface area contributed by atoms with E-state index in [0.29, 0.717) is 17.6 Å². The quantitative estimate of drug-likeness (QED) is 0.279. The molecule has 3 rings (SSSR count). The second-order valence-corrected chi connectivity index (χ2v) is 7.81. The Morgan fingerprint density at radius 3 is 2.32 bits per heavy atom. The van der Waals surface area contributed by atoms with Gasteiger partial charge in [-0.2, -0.15) is 4.98 Å². The highest BCUT2D eigenvalue weighted by Gasteiger charge is 2.10. The van der Waals surface area contributed by atoms with Gasteiger partial charge in [0, 0.05) is 26.7 Å². The SMILES string of the molecule is C1COC1.CCCCCCCCCCCC(=O)OCn1cnc2cnc(N(C)O)nc21. The van der Waals surface area contributed by atoms with Crippen molar-refractivity contribution in [3.05, 3.63) is 12.5 Å². The molecule has 0 spiro atoms. The monoisotopic (exact) mass is 435 g/mol. The van der Waals surface area contributed by atoms with Crippen LogP contribution in [0, 0.1) is 0 Å². The van der Waals surface area contributed by atoms with Crippen LogP contribution in [0.25, 0.3) is 11.2 Å². The van der Waals surface area contributed by atoms with Crippen molar-refractivity contribution in [2.75, 3.05) is 25.3 Å². The number of fused-ring (bicyclic) bond motifs is 1. The molecule has 0 aliphatic carbocycles. The number of rotatable bonds is 13. The maximum atomic E-state index is 11.9. The minimum Gasteiger partial charge on any atom is -0.444 e. The molecule has 9 heteroatoms. The largest absolute Gasteiger partial charge is 0.444 e. The number of unbranched alkanes of at least 4 members (excludes halogenated alkanes) is 8. The van der Waals surface area contributed by atoms with Gasteiger partial charge in [-0.15, -0.1) is 0 Å². The molecule has 0 amide bonds. The summed E-state index contributed by atoms with van der Waals surface area (Å²) in [6, 6.07) is 0. The number of hydroxylamine groups is 1. The number of ether oxygens (including phenoxy) is 2. The zero-order chi connectivity index (χ0) is 22.3. The van der Waals surface area contributed by atoms with E-state index < -0.39 is 0 Å². The highest BCUT2D eigenvalue weighted by atomic mass is 16.5. The van der Waals surface area contributed by atoms with Crippen molar-refractivity contribution in [1.82, 2.24) is 19.5 Å². The van der Waals surface area contributed by atoms with Crippen LogP contribution in [-0.2, 0) is 21.0 Å². The Kier molecular flexibility index (Phi) is 11.9. The van der Waals surface area contributed by atoms with Gasteiger partial charge in [-0.05, 0) is 12.8 Å². The Labute approximate surface area is 184 Å². The fourth-order valence-electron chi connectivity index (χ4n) is 3.03. The van der Waals surface area contributed by atoms with Crippen molar-refractivity contribution >= 4 is 23.1 Å². The van der Waals surface area contributed by atoms with Crippen LogP contribution in [0.5, 0.6) is 0 Å². The molecule has 2 aromatic rings. The third kappa shape index (κ3) is 9.61. The summed E-state index contributed by atoms with van der Waals surface area (Å²) in [7, 11) is 1.44. The van der Waals surface area contributed by atoms with E-state index >= 15 is 0 Å². The molecule has 1 fully saturated rings. The third-order valence-electron chi connectivity index (χ3n) is 5.06. The molecule has 1 saturated heterocycles. The Hall–Kier alpha value is -2.26. The summed E-state index contributed by atoms with van der Waals surface area (Å²) in [5.41, 5.74) is 1.09. The number of esters is 1. The van der Waals surface area contributed by atoms with E-state index in [1.165, 1.54) is 64.6 Å². The second kappa shape index (κ2) is 14.7. The zero-order valence-corrected chi connectivity index (χ0v) is 19.0. The van der Waals surface area contributed by atoms with E-state index in [2.05, 4.69) is 21.9 Å². The van der Waals surface area contributed by atoms with E-state index in [1.807, 2.05) is 0 Å². The van der Waals surface area contributed by atoms with Gasteiger partial charge in [0.05, 0.1) is 12.5 Å². The Balaban J connectivity index is 0.000000762. The average molecular weight is 436 g/mol. The molecule has 0 saturated carbocycles. The third-order valence-corrected chi connectivity index (χ3v) is 5.06. The van der Waals surface area contributed by atoms with Crippen LogP contribution < -0.4 is 5.06 Å². The molecule has 31 heavy (non-hydrogen) atoms. The number of nitrogens with zero attached hydrogens (tertiary/aromatic N) is 5. The van der Waals surface area contributed by atoms with Gasteiger partial charge in [0.2, 0.25) is 0 Å². The Morgan fingerprint density at radius 1 is 1.13 bits per heavy atom. The number of imidazole rings is 1. The first-order valence-corrected chi connectivity index (χ1v) is 11.5. The summed E-state index contributed by atoms with van der Waals surface area (Å²) in [6.07, 6.45) is 15.7. The van der Waals surface area contributed by atoms with Gasteiger partial charge in [0.1, 0.15) is 5.52 Å². The van der Waals surface area contributed by atoms with Crippen molar-refractivity contribution in [3.63, 3.8) is 0 Å². The van der Waals surface area contributed by atoms with E-state index in [1.54, 1.807) is 10.9 Å². The van der Waals surface area contributed by atoms with E-state index in [0.717, 1.165) is 31.1 Å². The molecule has 0 bridgehead atoms. The molecule has 1 aliphatic rings. The van der Waals surface area contributed by atoms with E-state index in [4.69, 9.17) is 9.47 Å². The van der Waals surface area contributed by atoms with Gasteiger partial charge in [-0.25, -0.2) is 15.0 Å². The normalized spacial score (nSPS) is 12.7. The van der Waals surface area contributed by atoms with Crippen LogP contribution in [0.15, 0.2) is 12.5 Å². The smallest absolute Gasteiger partial charge is 0.307 e. The molecule has 1 N–H and O–H groups in total. The van der Waals surface area contributed by atoms with Gasteiger partial charge in [-0.1, -0.05) is 58.3 Å². The van der Waals surface area contributed by atoms with Gasteiger partial charge in [0.25, 0.3) is 5.95 Å². The lowest BCUT2D eigenvalue weighted by Crippen LogP contribution is -2.14. The van der Waals surface area contributed by atoms with Crippen LogP contribution in [0.2, 0.25) is 0 Å². The van der Waals surface area contributed by atoms with Crippen molar-refractivity contribution in [2.24, 2.45) is 0 Å². The maximum absolute atomic E-state index is 11.9. The number of hydrogen-bond acceptors (Lipinski definition) is 8. The number of hydrogen-bond donors (Lipinski definition) is 1. The molecule has 2 aromatic heterocycles. The second-order valence-electron chi connectivity index (χ2n) is 7.81. The molecule has 174 valence electrons. The van der Waals surface area contributed by atoms with E-state index in [9.17, 15) is 10.0 Å². The molecule has 3 heterocycles. The van der Waals surface area contributed by atoms with Gasteiger partial charge in [0.15, 0.2) is 12.4 Å². The lowest BCUT2D eigenvalue weighted by molar-refractivity contribution is -0.147. The van der Waals surface area contributed by atoms with Crippen molar-refractivity contribution in [2.45, 2.75) is 84.3 Å². The van der Waals surface area contributed by atoms with Crippen LogP contribution in [0.4, 0.5) is 5.95 Å². The molecule has 0 aromatic carbocycles. The maximum Gasteiger partial charge on any atom is 0.307 e. The van der Waals surface area contributed by atoms with Crippen molar-refractivity contribution in [1.29, 1.82) is 0 Å². The predicted molar refractivity (Wildman–Crippen MR) is 119 cm³/mol. The summed E-state index contributed by atoms with van der Waals surface area (Å²) < 4.78 is 11.7. The number of anilines is 1. The van der Waals surface area contributed by atoms with Gasteiger partial charge in [-0.3, -0.25) is 14.6 Å². The van der Waals surface area contributed by atoms with Crippen LogP contribution in [0.1, 0.15) is 77.6 Å². The molecular weight excluding hydrogens is 398 g/mol. The number of carbonyl (C=O) groups excluding carboxylic acids is 1. The standard InChI is InChI=1S/C19H31N5O3.C3H6O/c1-3-4-5-6-7-8-9-10-11-12-17(25)27-15-24-14-21-16-13-20-19(23(2)26)22-18(16)24;1-2-4-3-1/h13-14,26H,3-12,15H2,1-2H3;1-3H2. The molecule has 0 unspecified atom stereocenters. The number of carbonyl (C=O) groups is 1. The van der Waals surface area contributed by atoms with Gasteiger partial charge >= 0.3 is 5.97 Å². The van der Waals surface area contributed by atoms with Crippen LogP contribution in [-0.4, -0.2) is 51.0 Å². The summed E-state index contributed by atoms with van der Waals surface area (Å²) >= 11 is 0. The molecule has 1 aliphatic heterocycles. The van der Waals surface area contributed by atoms with E-state index in [-0.39, 0.29) is 18.6 Å². The zero-order valence-electron chi connectivity index (χ0n) is 19.0. The first kappa shape index (κ1) is 25.0. The van der Waals surface area contributed by atoms with Crippen molar-refractivity contribution < 1.29 is 19.5 Å². The highest BCUT2D eigenvalue weighted by Crippen LogP contribution is 2.14. The fraction of sp³-hybridized carbons (Fsp3) is 0.727. The van der Waals surface area contributed by atoms with Crippen LogP contribution in [0.3, 0.4) is 0 Å². The molecule has 0 atom stereocenters. The summed E-state index contributed by atoms with van der Waals surface area (Å²) in [5.74, 6) is -0.0568. The average Bonchev–Trinajstić information content (AvgIpc) is 3.12. The lowest BCUT2D eigenvalue weighted by atomic mass is 10.1. The first-order chi connectivity index (χ1) is 15.1. The summed E-state index contributed by atoms with van der Waals surface area (Å²) in [5, 5.41) is 10.3. The first-order valence-electron chi connectivity index (χ1n) is 11.5. The van der Waals surface area contributed by atoms with Crippen molar-refractivity contribution in [3.8, 4) is 0 Å². The molecule has 9 nitrogen and oxygen atoms in total. The molecular formula is C22H37N5O4. The topological polar surface area (TPSA) is 103 Å². The summed E-state index contributed by atoms with van der Waals surface area (Å²) in [4.78, 5) is 24.3. The predicted octanol–water partition coefficient (Wildman–Crippen LogP) is 4.48. The minimum absolute atomic E-state index is 0.0539. The lowest BCUT2D eigenvalue weighted by Gasteiger charge is -2.09. The summed E-state index contributed by atoms with van der Waals surface area (Å²) in [6.45, 7) is 4.28. The minimum atomic E-state index is -0.214. The van der Waals surface area contributed by atoms with Gasteiger partial charge < -0.3 is 9.47 Å². The molecule has 0 radical (unpaired) electrons. The fourth-order valence-corrected chi connectivity index (χ4v) is 3.03. The Morgan fingerprint density at radius 2 is 1.74 bits per heavy atom.